The number of carbonyl (C=O) groups excluding carboxylic acids is 3. The van der Waals surface area contributed by atoms with Gasteiger partial charge < -0.3 is 0 Å². The monoisotopic (exact) mass is 512 g/mol. The summed E-state index contributed by atoms with van der Waals surface area (Å²) in [5, 5.41) is 3.04. The average molecular weight is 513 g/mol. The number of hydrogen-bond acceptors (Lipinski definition) is 4. The van der Waals surface area contributed by atoms with Crippen LogP contribution in [0.3, 0.4) is 0 Å². The molecular weight excluding hydrogens is 495 g/mol. The highest BCUT2D eigenvalue weighted by atomic mass is 35.5. The quantitative estimate of drug-likeness (QED) is 0.303. The molecule has 0 spiro atoms. The van der Waals surface area contributed by atoms with Crippen molar-refractivity contribution in [1.82, 2.24) is 9.99 Å². The highest BCUT2D eigenvalue weighted by Gasteiger charge is 2.35. The van der Waals surface area contributed by atoms with Gasteiger partial charge in [-0.25, -0.2) is 0 Å². The number of aromatic nitrogens is 1. The third kappa shape index (κ3) is 4.48. The first kappa shape index (κ1) is 23.7. The van der Waals surface area contributed by atoms with E-state index in [0.29, 0.717) is 33.2 Å². The van der Waals surface area contributed by atoms with E-state index in [2.05, 4.69) is 10.7 Å². The van der Waals surface area contributed by atoms with E-state index < -0.39 is 11.8 Å². The second kappa shape index (κ2) is 9.42. The minimum absolute atomic E-state index is 0.0638. The summed E-state index contributed by atoms with van der Waals surface area (Å²) in [6.45, 7) is 3.58. The molecule has 3 aromatic rings. The maximum atomic E-state index is 13.3. The Hall–Kier alpha value is -3.46. The lowest BCUT2D eigenvalue weighted by Crippen LogP contribution is -2.54. The van der Waals surface area contributed by atoms with Crippen molar-refractivity contribution in [1.29, 1.82) is 0 Å². The molecule has 2 N–H and O–H groups in total. The topological polar surface area (TPSA) is 83.4 Å². The smallest absolute Gasteiger partial charge is 0.270 e. The molecule has 1 aliphatic heterocycles. The van der Waals surface area contributed by atoms with Crippen molar-refractivity contribution >= 4 is 70.0 Å². The van der Waals surface area contributed by atoms with Crippen molar-refractivity contribution in [3.8, 4) is 0 Å². The molecule has 1 aliphatic rings. The van der Waals surface area contributed by atoms with Gasteiger partial charge in [0, 0.05) is 17.0 Å². The SMILES string of the molecule is Cc1cc(/C=C2\C(=O)NC(=S)N(c3ccc(Cl)c(Cl)c3)C2=O)c(C)n1NC(=O)c1ccccc1. The summed E-state index contributed by atoms with van der Waals surface area (Å²) in [5.74, 6) is -1.51. The van der Waals surface area contributed by atoms with Crippen LogP contribution in [0, 0.1) is 13.8 Å². The third-order valence-electron chi connectivity index (χ3n) is 5.28. The van der Waals surface area contributed by atoms with E-state index in [1.54, 1.807) is 54.9 Å². The molecule has 0 atom stereocenters. The second-order valence-corrected chi connectivity index (χ2v) is 8.73. The van der Waals surface area contributed by atoms with Gasteiger partial charge in [0.2, 0.25) is 0 Å². The fraction of sp³-hybridized carbons (Fsp3) is 0.0833. The Kier molecular flexibility index (Phi) is 6.56. The molecule has 172 valence electrons. The Balaban J connectivity index is 1.67. The van der Waals surface area contributed by atoms with Crippen LogP contribution in [0.25, 0.3) is 6.08 Å². The summed E-state index contributed by atoms with van der Waals surface area (Å²) < 4.78 is 1.61. The first-order valence-electron chi connectivity index (χ1n) is 10.1. The van der Waals surface area contributed by atoms with E-state index in [1.165, 1.54) is 23.1 Å². The van der Waals surface area contributed by atoms with Gasteiger partial charge in [0.1, 0.15) is 5.57 Å². The number of anilines is 1. The Morgan fingerprint density at radius 3 is 2.41 bits per heavy atom. The van der Waals surface area contributed by atoms with Crippen LogP contribution in [0.5, 0.6) is 0 Å². The number of aryl methyl sites for hydroxylation is 1. The number of carbonyl (C=O) groups is 3. The highest BCUT2D eigenvalue weighted by Crippen LogP contribution is 2.30. The number of halogens is 2. The molecular formula is C24H18Cl2N4O3S. The Bertz CT molecular complexity index is 1380. The van der Waals surface area contributed by atoms with Gasteiger partial charge in [-0.2, -0.15) is 0 Å². The number of hydrogen-bond donors (Lipinski definition) is 2. The zero-order chi connectivity index (χ0) is 24.6. The molecule has 2 heterocycles. The van der Waals surface area contributed by atoms with E-state index in [0.717, 1.165) is 0 Å². The van der Waals surface area contributed by atoms with Gasteiger partial charge >= 0.3 is 0 Å². The predicted octanol–water partition coefficient (Wildman–Crippen LogP) is 4.63. The average Bonchev–Trinajstić information content (AvgIpc) is 3.06. The normalized spacial score (nSPS) is 15.0. The van der Waals surface area contributed by atoms with Crippen molar-refractivity contribution in [3.05, 3.63) is 92.7 Å². The van der Waals surface area contributed by atoms with Crippen molar-refractivity contribution in [2.75, 3.05) is 10.3 Å². The molecule has 1 aromatic heterocycles. The molecule has 1 fully saturated rings. The fourth-order valence-corrected chi connectivity index (χ4v) is 4.11. The predicted molar refractivity (Wildman–Crippen MR) is 137 cm³/mol. The van der Waals surface area contributed by atoms with Gasteiger partial charge in [-0.3, -0.25) is 34.7 Å². The number of nitrogens with zero attached hydrogens (tertiary/aromatic N) is 2. The molecule has 0 aliphatic carbocycles. The molecule has 10 heteroatoms. The van der Waals surface area contributed by atoms with Gasteiger partial charge in [0.05, 0.1) is 15.7 Å². The van der Waals surface area contributed by atoms with Crippen LogP contribution in [0.15, 0.2) is 60.2 Å². The first-order valence-corrected chi connectivity index (χ1v) is 11.3. The van der Waals surface area contributed by atoms with Crippen molar-refractivity contribution in [2.24, 2.45) is 0 Å². The van der Waals surface area contributed by atoms with E-state index in [4.69, 9.17) is 35.4 Å². The van der Waals surface area contributed by atoms with Gasteiger partial charge in [-0.1, -0.05) is 41.4 Å². The van der Waals surface area contributed by atoms with Crippen molar-refractivity contribution < 1.29 is 14.4 Å². The summed E-state index contributed by atoms with van der Waals surface area (Å²) >= 11 is 17.3. The Labute approximate surface area is 210 Å². The van der Waals surface area contributed by atoms with E-state index in [1.807, 2.05) is 6.07 Å². The summed E-state index contributed by atoms with van der Waals surface area (Å²) in [4.78, 5) is 39.7. The van der Waals surface area contributed by atoms with Crippen LogP contribution in [-0.2, 0) is 9.59 Å². The molecule has 3 amide bonds. The molecule has 34 heavy (non-hydrogen) atoms. The zero-order valence-corrected chi connectivity index (χ0v) is 20.4. The fourth-order valence-electron chi connectivity index (χ4n) is 3.53. The highest BCUT2D eigenvalue weighted by molar-refractivity contribution is 7.80. The minimum atomic E-state index is -0.621. The lowest BCUT2D eigenvalue weighted by molar-refractivity contribution is -0.122. The molecule has 2 aromatic carbocycles. The summed E-state index contributed by atoms with van der Waals surface area (Å²) in [7, 11) is 0. The molecule has 0 radical (unpaired) electrons. The summed E-state index contributed by atoms with van der Waals surface area (Å²) in [5.41, 5.74) is 5.54. The van der Waals surface area contributed by atoms with E-state index >= 15 is 0 Å². The number of amides is 3. The lowest BCUT2D eigenvalue weighted by atomic mass is 10.1. The van der Waals surface area contributed by atoms with Crippen LogP contribution < -0.4 is 15.6 Å². The molecule has 1 saturated heterocycles. The van der Waals surface area contributed by atoms with Gasteiger partial charge in [0.25, 0.3) is 17.7 Å². The largest absolute Gasteiger partial charge is 0.298 e. The summed E-state index contributed by atoms with van der Waals surface area (Å²) in [6, 6.07) is 15.2. The molecule has 4 rings (SSSR count). The molecule has 0 unspecified atom stereocenters. The van der Waals surface area contributed by atoms with Crippen LogP contribution in [0.4, 0.5) is 5.69 Å². The molecule has 7 nitrogen and oxygen atoms in total. The molecule has 0 bridgehead atoms. The van der Waals surface area contributed by atoms with E-state index in [-0.39, 0.29) is 21.6 Å². The summed E-state index contributed by atoms with van der Waals surface area (Å²) in [6.07, 6.45) is 1.47. The number of nitrogens with one attached hydrogen (secondary N) is 2. The maximum absolute atomic E-state index is 13.3. The van der Waals surface area contributed by atoms with Gasteiger partial charge in [0.15, 0.2) is 5.11 Å². The van der Waals surface area contributed by atoms with Crippen molar-refractivity contribution in [3.63, 3.8) is 0 Å². The number of thiocarbonyl (C=S) groups is 1. The Morgan fingerprint density at radius 1 is 1.03 bits per heavy atom. The minimum Gasteiger partial charge on any atom is -0.298 e. The van der Waals surface area contributed by atoms with E-state index in [9.17, 15) is 14.4 Å². The van der Waals surface area contributed by atoms with Crippen molar-refractivity contribution in [2.45, 2.75) is 13.8 Å². The van der Waals surface area contributed by atoms with Gasteiger partial charge in [-0.15, -0.1) is 0 Å². The van der Waals surface area contributed by atoms with Crippen LogP contribution >= 0.6 is 35.4 Å². The van der Waals surface area contributed by atoms with Crippen LogP contribution in [-0.4, -0.2) is 27.5 Å². The van der Waals surface area contributed by atoms with Crippen LogP contribution in [0.1, 0.15) is 27.3 Å². The Morgan fingerprint density at radius 2 is 1.74 bits per heavy atom. The number of benzene rings is 2. The lowest BCUT2D eigenvalue weighted by Gasteiger charge is -2.29. The second-order valence-electron chi connectivity index (χ2n) is 7.53. The molecule has 0 saturated carbocycles. The first-order chi connectivity index (χ1) is 16.2. The maximum Gasteiger partial charge on any atom is 0.270 e. The zero-order valence-electron chi connectivity index (χ0n) is 18.1. The third-order valence-corrected chi connectivity index (χ3v) is 6.31. The standard InChI is InChI=1S/C24H18Cl2N4O3S/c1-13-10-16(14(2)30(13)28-21(31)15-6-4-3-5-7-15)11-18-22(32)27-24(34)29(23(18)33)17-8-9-19(25)20(26)12-17/h3-12H,1-2H3,(H,28,31)(H,27,32,34)/b18-11+. The van der Waals surface area contributed by atoms with Crippen LogP contribution in [0.2, 0.25) is 10.0 Å². The van der Waals surface area contributed by atoms with Gasteiger partial charge in [-0.05, 0) is 74.1 Å². The number of rotatable bonds is 4.